The normalized spacial score (nSPS) is 12.0. The Morgan fingerprint density at radius 1 is 1.19 bits per heavy atom. The van der Waals surface area contributed by atoms with Crippen LogP contribution in [0.5, 0.6) is 5.75 Å². The SMILES string of the molecule is CCCOc1ccc(C(F)(F)F)cc1NC(=O)CC(N)c1ccccc1.Cl. The average Bonchev–Trinajstić information content (AvgIpc) is 2.60. The van der Waals surface area contributed by atoms with Crippen molar-refractivity contribution in [3.8, 4) is 5.75 Å². The fraction of sp³-hybridized carbons (Fsp3) is 0.316. The Balaban J connectivity index is 0.00000364. The van der Waals surface area contributed by atoms with Crippen LogP contribution in [-0.2, 0) is 11.0 Å². The van der Waals surface area contributed by atoms with Gasteiger partial charge in [-0.25, -0.2) is 0 Å². The molecule has 2 rings (SSSR count). The summed E-state index contributed by atoms with van der Waals surface area (Å²) in [6, 6.07) is 11.5. The predicted octanol–water partition coefficient (Wildman–Crippen LogP) is 4.94. The Bertz CT molecular complexity index is 739. The van der Waals surface area contributed by atoms with Crippen LogP contribution in [0.2, 0.25) is 0 Å². The molecule has 0 saturated carbocycles. The third kappa shape index (κ3) is 6.77. The fourth-order valence-electron chi connectivity index (χ4n) is 2.36. The largest absolute Gasteiger partial charge is 0.491 e. The maximum Gasteiger partial charge on any atom is 0.416 e. The lowest BCUT2D eigenvalue weighted by Gasteiger charge is -2.16. The van der Waals surface area contributed by atoms with Crippen molar-refractivity contribution in [2.24, 2.45) is 5.73 Å². The summed E-state index contributed by atoms with van der Waals surface area (Å²) in [5.41, 5.74) is 5.89. The maximum absolute atomic E-state index is 12.9. The first-order chi connectivity index (χ1) is 12.3. The highest BCUT2D eigenvalue weighted by Crippen LogP contribution is 2.35. The molecule has 8 heteroatoms. The highest BCUT2D eigenvalue weighted by atomic mass is 35.5. The molecule has 3 N–H and O–H groups in total. The summed E-state index contributed by atoms with van der Waals surface area (Å²) >= 11 is 0. The number of anilines is 1. The predicted molar refractivity (Wildman–Crippen MR) is 101 cm³/mol. The Morgan fingerprint density at radius 2 is 1.85 bits per heavy atom. The van der Waals surface area contributed by atoms with Crippen LogP contribution in [0.25, 0.3) is 0 Å². The van der Waals surface area contributed by atoms with Crippen molar-refractivity contribution in [2.75, 3.05) is 11.9 Å². The lowest BCUT2D eigenvalue weighted by Crippen LogP contribution is -2.21. The molecule has 0 spiro atoms. The molecule has 2 aromatic carbocycles. The number of carbonyl (C=O) groups is 1. The number of carbonyl (C=O) groups excluding carboxylic acids is 1. The van der Waals surface area contributed by atoms with Crippen molar-refractivity contribution in [3.63, 3.8) is 0 Å². The zero-order chi connectivity index (χ0) is 19.2. The molecule has 0 saturated heterocycles. The topological polar surface area (TPSA) is 64.3 Å². The number of benzene rings is 2. The maximum atomic E-state index is 12.9. The minimum atomic E-state index is -4.51. The second-order valence-corrected chi connectivity index (χ2v) is 5.83. The molecule has 1 amide bonds. The molecular formula is C19H22ClF3N2O2. The summed E-state index contributed by atoms with van der Waals surface area (Å²) in [5, 5.41) is 2.49. The van der Waals surface area contributed by atoms with Gasteiger partial charge < -0.3 is 15.8 Å². The lowest BCUT2D eigenvalue weighted by molar-refractivity contribution is -0.137. The van der Waals surface area contributed by atoms with Crippen LogP contribution in [0.3, 0.4) is 0 Å². The number of amides is 1. The number of halogens is 4. The van der Waals surface area contributed by atoms with Gasteiger partial charge in [-0.15, -0.1) is 12.4 Å². The summed E-state index contributed by atoms with van der Waals surface area (Å²) < 4.78 is 44.3. The van der Waals surface area contributed by atoms with Crippen LogP contribution in [0.15, 0.2) is 48.5 Å². The average molecular weight is 403 g/mol. The molecule has 2 aromatic rings. The Kier molecular flexibility index (Phi) is 8.59. The van der Waals surface area contributed by atoms with E-state index in [1.165, 1.54) is 6.07 Å². The molecule has 0 heterocycles. The number of hydrogen-bond acceptors (Lipinski definition) is 3. The number of ether oxygens (including phenoxy) is 1. The van der Waals surface area contributed by atoms with Gasteiger partial charge in [0.25, 0.3) is 0 Å². The van der Waals surface area contributed by atoms with E-state index in [9.17, 15) is 18.0 Å². The molecule has 0 aliphatic carbocycles. The third-order valence-electron chi connectivity index (χ3n) is 3.68. The Hall–Kier alpha value is -2.25. The van der Waals surface area contributed by atoms with Gasteiger partial charge in [0.05, 0.1) is 17.9 Å². The summed E-state index contributed by atoms with van der Waals surface area (Å²) in [4.78, 5) is 12.3. The van der Waals surface area contributed by atoms with Crippen LogP contribution in [0.1, 0.15) is 36.9 Å². The van der Waals surface area contributed by atoms with E-state index in [-0.39, 0.29) is 30.3 Å². The van der Waals surface area contributed by atoms with E-state index < -0.39 is 23.7 Å². The summed E-state index contributed by atoms with van der Waals surface area (Å²) in [6.45, 7) is 2.21. The highest BCUT2D eigenvalue weighted by Gasteiger charge is 2.31. The zero-order valence-corrected chi connectivity index (χ0v) is 15.6. The second kappa shape index (κ2) is 10.2. The van der Waals surface area contributed by atoms with Crippen LogP contribution < -0.4 is 15.8 Å². The number of hydrogen-bond donors (Lipinski definition) is 2. The number of alkyl halides is 3. The van der Waals surface area contributed by atoms with Crippen molar-refractivity contribution in [2.45, 2.75) is 32.0 Å². The quantitative estimate of drug-likeness (QED) is 0.689. The summed E-state index contributed by atoms with van der Waals surface area (Å²) in [6.07, 6.45) is -3.88. The molecular weight excluding hydrogens is 381 g/mol. The molecule has 148 valence electrons. The van der Waals surface area contributed by atoms with E-state index in [4.69, 9.17) is 10.5 Å². The summed E-state index contributed by atoms with van der Waals surface area (Å²) in [7, 11) is 0. The van der Waals surface area contributed by atoms with Crippen molar-refractivity contribution in [3.05, 3.63) is 59.7 Å². The fourth-order valence-corrected chi connectivity index (χ4v) is 2.36. The lowest BCUT2D eigenvalue weighted by atomic mass is 10.0. The second-order valence-electron chi connectivity index (χ2n) is 5.83. The Morgan fingerprint density at radius 3 is 2.44 bits per heavy atom. The number of rotatable bonds is 7. The minimum Gasteiger partial charge on any atom is -0.491 e. The molecule has 1 atom stereocenters. The van der Waals surface area contributed by atoms with Crippen LogP contribution in [0, 0.1) is 0 Å². The van der Waals surface area contributed by atoms with Gasteiger partial charge in [0.15, 0.2) is 0 Å². The minimum absolute atomic E-state index is 0. The molecule has 27 heavy (non-hydrogen) atoms. The molecule has 0 radical (unpaired) electrons. The molecule has 0 bridgehead atoms. The van der Waals surface area contributed by atoms with E-state index in [2.05, 4.69) is 5.32 Å². The highest BCUT2D eigenvalue weighted by molar-refractivity contribution is 5.92. The molecule has 1 unspecified atom stereocenters. The van der Waals surface area contributed by atoms with Crippen molar-refractivity contribution in [1.82, 2.24) is 0 Å². The van der Waals surface area contributed by atoms with Crippen molar-refractivity contribution < 1.29 is 22.7 Å². The van der Waals surface area contributed by atoms with Gasteiger partial charge in [-0.2, -0.15) is 13.2 Å². The van der Waals surface area contributed by atoms with Crippen molar-refractivity contribution in [1.29, 1.82) is 0 Å². The summed E-state index contributed by atoms with van der Waals surface area (Å²) in [5.74, 6) is -0.288. The third-order valence-corrected chi connectivity index (χ3v) is 3.68. The number of nitrogens with two attached hydrogens (primary N) is 1. The van der Waals surface area contributed by atoms with Gasteiger partial charge in [0, 0.05) is 12.5 Å². The molecule has 0 aliphatic heterocycles. The standard InChI is InChI=1S/C19H21F3N2O2.ClH/c1-2-10-26-17-9-8-14(19(20,21)22)11-16(17)24-18(25)12-15(23)13-6-4-3-5-7-13;/h3-9,11,15H,2,10,12,23H2,1H3,(H,24,25);1H. The first-order valence-corrected chi connectivity index (χ1v) is 8.25. The van der Waals surface area contributed by atoms with E-state index in [0.717, 1.165) is 17.7 Å². The van der Waals surface area contributed by atoms with E-state index in [1.807, 2.05) is 13.0 Å². The van der Waals surface area contributed by atoms with E-state index in [1.54, 1.807) is 24.3 Å². The monoisotopic (exact) mass is 402 g/mol. The zero-order valence-electron chi connectivity index (χ0n) is 14.8. The van der Waals surface area contributed by atoms with Crippen molar-refractivity contribution >= 4 is 24.0 Å². The van der Waals surface area contributed by atoms with Gasteiger partial charge in [-0.3, -0.25) is 4.79 Å². The van der Waals surface area contributed by atoms with Crippen LogP contribution >= 0.6 is 12.4 Å². The van der Waals surface area contributed by atoms with Gasteiger partial charge in [0.1, 0.15) is 5.75 Å². The first kappa shape index (κ1) is 22.8. The van der Waals surface area contributed by atoms with Gasteiger partial charge in [-0.05, 0) is 30.2 Å². The van der Waals surface area contributed by atoms with Gasteiger partial charge in [0.2, 0.25) is 5.91 Å². The number of nitrogens with one attached hydrogen (secondary N) is 1. The van der Waals surface area contributed by atoms with Gasteiger partial charge >= 0.3 is 6.18 Å². The van der Waals surface area contributed by atoms with Crippen LogP contribution in [-0.4, -0.2) is 12.5 Å². The van der Waals surface area contributed by atoms with E-state index in [0.29, 0.717) is 13.0 Å². The van der Waals surface area contributed by atoms with Crippen LogP contribution in [0.4, 0.5) is 18.9 Å². The Labute approximate surface area is 162 Å². The smallest absolute Gasteiger partial charge is 0.416 e. The van der Waals surface area contributed by atoms with E-state index >= 15 is 0 Å². The van der Waals surface area contributed by atoms with Gasteiger partial charge in [-0.1, -0.05) is 37.3 Å². The first-order valence-electron chi connectivity index (χ1n) is 8.25. The molecule has 0 fully saturated rings. The molecule has 0 aliphatic rings. The molecule has 4 nitrogen and oxygen atoms in total. The molecule has 0 aromatic heterocycles.